The Morgan fingerprint density at radius 3 is 2.56 bits per heavy atom. The number of carbonyl (C=O) groups is 3. The summed E-state index contributed by atoms with van der Waals surface area (Å²) in [5.74, 6) is -1.41. The molecule has 13 nitrogen and oxygen atoms in total. The van der Waals surface area contributed by atoms with Crippen molar-refractivity contribution in [1.29, 1.82) is 0 Å². The van der Waals surface area contributed by atoms with Gasteiger partial charge in [-0.2, -0.15) is 0 Å². The second kappa shape index (κ2) is 12.3. The molecule has 2 saturated heterocycles. The molecule has 2 aromatic heterocycles. The predicted molar refractivity (Wildman–Crippen MR) is 151 cm³/mol. The maximum atomic E-state index is 13.8. The first-order valence-electron chi connectivity index (χ1n) is 13.9. The van der Waals surface area contributed by atoms with E-state index in [1.54, 1.807) is 33.0 Å². The van der Waals surface area contributed by atoms with Crippen LogP contribution in [0.3, 0.4) is 0 Å². The molecule has 0 bridgehead atoms. The molecule has 0 aliphatic carbocycles. The molecule has 4 rings (SSSR count). The number of hydrogen-bond acceptors (Lipinski definition) is 10. The minimum Gasteiger partial charge on any atom is -0.486 e. The number of hydrogen-bond donors (Lipinski definition) is 0. The average Bonchev–Trinajstić information content (AvgIpc) is 2.92. The summed E-state index contributed by atoms with van der Waals surface area (Å²) in [6, 6.07) is 1.79. The fourth-order valence-corrected chi connectivity index (χ4v) is 4.75. The molecule has 0 N–H and O–H groups in total. The van der Waals surface area contributed by atoms with E-state index in [2.05, 4.69) is 9.88 Å². The fourth-order valence-electron chi connectivity index (χ4n) is 4.75. The summed E-state index contributed by atoms with van der Waals surface area (Å²) in [6.45, 7) is 11.2. The Morgan fingerprint density at radius 1 is 1.17 bits per heavy atom. The number of ether oxygens (including phenoxy) is 4. The lowest BCUT2D eigenvalue weighted by Gasteiger charge is -2.37. The molecule has 2 amide bonds. The van der Waals surface area contributed by atoms with Gasteiger partial charge in [-0.1, -0.05) is 13.3 Å². The standard InChI is InChI=1S/C28H39N5O8/c1-7-8-12-40-23-22(26(36)38-6)29-24-20(32-10-9-30(16-21(32)34)27(37)41-28(3,4)5)14-19(15-33(24)25(23)35)31-11-13-39-17-18(31)2/h14-15,18H,7-13,16-17H2,1-6H3. The zero-order valence-electron chi connectivity index (χ0n) is 24.6. The van der Waals surface area contributed by atoms with E-state index in [-0.39, 0.29) is 55.3 Å². The van der Waals surface area contributed by atoms with E-state index >= 15 is 0 Å². The second-order valence-electron chi connectivity index (χ2n) is 11.1. The van der Waals surface area contributed by atoms with Crippen molar-refractivity contribution in [3.63, 3.8) is 0 Å². The molecule has 0 aromatic carbocycles. The summed E-state index contributed by atoms with van der Waals surface area (Å²) in [5, 5.41) is 0. The molecule has 2 aliphatic heterocycles. The minimum absolute atomic E-state index is 0.00652. The summed E-state index contributed by atoms with van der Waals surface area (Å²) in [6.07, 6.45) is 2.57. The highest BCUT2D eigenvalue weighted by molar-refractivity contribution is 6.01. The zero-order valence-corrected chi connectivity index (χ0v) is 24.6. The third-order valence-electron chi connectivity index (χ3n) is 6.83. The third kappa shape index (κ3) is 6.55. The first kappa shape index (κ1) is 30.1. The van der Waals surface area contributed by atoms with Crippen LogP contribution in [0, 0.1) is 0 Å². The summed E-state index contributed by atoms with van der Waals surface area (Å²) >= 11 is 0. The Labute approximate surface area is 238 Å². The van der Waals surface area contributed by atoms with Gasteiger partial charge in [0.1, 0.15) is 12.1 Å². The second-order valence-corrected chi connectivity index (χ2v) is 11.1. The summed E-state index contributed by atoms with van der Waals surface area (Å²) in [4.78, 5) is 62.1. The monoisotopic (exact) mass is 573 g/mol. The Bertz CT molecular complexity index is 1370. The van der Waals surface area contributed by atoms with Gasteiger partial charge in [0.15, 0.2) is 11.3 Å². The number of nitrogens with zero attached hydrogens (tertiary/aromatic N) is 5. The summed E-state index contributed by atoms with van der Waals surface area (Å²) in [7, 11) is 1.20. The molecule has 1 unspecified atom stereocenters. The molecule has 2 aromatic rings. The number of morpholine rings is 1. The van der Waals surface area contributed by atoms with Crippen LogP contribution in [-0.2, 0) is 19.0 Å². The molecule has 0 spiro atoms. The quantitative estimate of drug-likeness (QED) is 0.359. The third-order valence-corrected chi connectivity index (χ3v) is 6.83. The largest absolute Gasteiger partial charge is 0.486 e. The number of esters is 1. The number of unbranched alkanes of at least 4 members (excludes halogenated alkanes) is 1. The van der Waals surface area contributed by atoms with Crippen molar-refractivity contribution >= 4 is 35.0 Å². The van der Waals surface area contributed by atoms with Gasteiger partial charge in [0.05, 0.1) is 38.3 Å². The highest BCUT2D eigenvalue weighted by atomic mass is 16.6. The molecular formula is C28H39N5O8. The predicted octanol–water partition coefficient (Wildman–Crippen LogP) is 2.47. The van der Waals surface area contributed by atoms with Crippen molar-refractivity contribution in [1.82, 2.24) is 14.3 Å². The van der Waals surface area contributed by atoms with E-state index in [1.165, 1.54) is 21.3 Å². The zero-order chi connectivity index (χ0) is 29.9. The molecule has 0 saturated carbocycles. The van der Waals surface area contributed by atoms with Crippen molar-refractivity contribution < 1.29 is 33.3 Å². The smallest absolute Gasteiger partial charge is 0.410 e. The van der Waals surface area contributed by atoms with Crippen LogP contribution in [0.2, 0.25) is 0 Å². The van der Waals surface area contributed by atoms with Gasteiger partial charge in [-0.05, 0) is 40.2 Å². The van der Waals surface area contributed by atoms with Crippen LogP contribution in [0.1, 0.15) is 57.9 Å². The van der Waals surface area contributed by atoms with Crippen LogP contribution >= 0.6 is 0 Å². The summed E-state index contributed by atoms with van der Waals surface area (Å²) < 4.78 is 23.0. The molecular weight excluding hydrogens is 534 g/mol. The van der Waals surface area contributed by atoms with Crippen molar-refractivity contribution in [3.05, 3.63) is 28.3 Å². The van der Waals surface area contributed by atoms with E-state index < -0.39 is 23.2 Å². The number of carbonyl (C=O) groups excluding carboxylic acids is 3. The molecule has 0 radical (unpaired) electrons. The molecule has 4 heterocycles. The number of rotatable bonds is 7. The van der Waals surface area contributed by atoms with E-state index in [0.717, 1.165) is 6.42 Å². The maximum Gasteiger partial charge on any atom is 0.410 e. The van der Waals surface area contributed by atoms with Crippen LogP contribution in [-0.4, -0.2) is 97.0 Å². The SMILES string of the molecule is CCCCOc1c(C(=O)OC)nc2c(N3CCN(C(=O)OC(C)(C)C)CC3=O)cc(N3CCOCC3C)cn2c1=O. The van der Waals surface area contributed by atoms with Crippen molar-refractivity contribution in [3.8, 4) is 5.75 Å². The van der Waals surface area contributed by atoms with E-state index in [9.17, 15) is 19.2 Å². The van der Waals surface area contributed by atoms with E-state index in [0.29, 0.717) is 37.6 Å². The Hall–Kier alpha value is -3.87. The minimum atomic E-state index is -0.825. The van der Waals surface area contributed by atoms with Gasteiger partial charge in [0, 0.05) is 31.9 Å². The lowest BCUT2D eigenvalue weighted by atomic mass is 10.2. The first-order chi connectivity index (χ1) is 19.4. The Morgan fingerprint density at radius 2 is 1.93 bits per heavy atom. The van der Waals surface area contributed by atoms with E-state index in [1.807, 2.05) is 13.8 Å². The molecule has 1 atom stereocenters. The first-order valence-corrected chi connectivity index (χ1v) is 13.9. The molecule has 41 heavy (non-hydrogen) atoms. The van der Waals surface area contributed by atoms with Crippen LogP contribution in [0.15, 0.2) is 17.1 Å². The van der Waals surface area contributed by atoms with Crippen molar-refractivity contribution in [2.75, 3.05) is 62.9 Å². The van der Waals surface area contributed by atoms with Crippen LogP contribution in [0.25, 0.3) is 5.65 Å². The van der Waals surface area contributed by atoms with Gasteiger partial charge in [-0.3, -0.25) is 18.9 Å². The van der Waals surface area contributed by atoms with Crippen LogP contribution in [0.5, 0.6) is 5.75 Å². The molecule has 2 aliphatic rings. The average molecular weight is 574 g/mol. The number of aromatic nitrogens is 2. The van der Waals surface area contributed by atoms with Gasteiger partial charge >= 0.3 is 17.6 Å². The normalized spacial score (nSPS) is 18.0. The Kier molecular flexibility index (Phi) is 9.05. The van der Waals surface area contributed by atoms with Gasteiger partial charge in [-0.15, -0.1) is 0 Å². The number of amides is 2. The number of piperazine rings is 1. The van der Waals surface area contributed by atoms with Gasteiger partial charge in [-0.25, -0.2) is 14.6 Å². The number of anilines is 2. The molecule has 13 heteroatoms. The molecule has 224 valence electrons. The fraction of sp³-hybridized carbons (Fsp3) is 0.607. The lowest BCUT2D eigenvalue weighted by molar-refractivity contribution is -0.121. The van der Waals surface area contributed by atoms with E-state index in [4.69, 9.17) is 18.9 Å². The maximum absolute atomic E-state index is 13.8. The van der Waals surface area contributed by atoms with Gasteiger partial charge < -0.3 is 28.7 Å². The lowest BCUT2D eigenvalue weighted by Crippen LogP contribution is -2.53. The van der Waals surface area contributed by atoms with Crippen LogP contribution in [0.4, 0.5) is 16.2 Å². The number of pyridine rings is 1. The van der Waals surface area contributed by atoms with Crippen LogP contribution < -0.4 is 20.1 Å². The van der Waals surface area contributed by atoms with Crippen molar-refractivity contribution in [2.45, 2.75) is 59.1 Å². The molecule has 2 fully saturated rings. The highest BCUT2D eigenvalue weighted by Crippen LogP contribution is 2.31. The van der Waals surface area contributed by atoms with Gasteiger partial charge in [0.25, 0.3) is 0 Å². The highest BCUT2D eigenvalue weighted by Gasteiger charge is 2.34. The van der Waals surface area contributed by atoms with Crippen molar-refractivity contribution in [2.24, 2.45) is 0 Å². The topological polar surface area (TPSA) is 132 Å². The Balaban J connectivity index is 1.84. The van der Waals surface area contributed by atoms with Gasteiger partial charge in [0.2, 0.25) is 11.7 Å². The number of methoxy groups -OCH3 is 1. The summed E-state index contributed by atoms with van der Waals surface area (Å²) in [5.41, 5.74) is -0.444. The number of fused-ring (bicyclic) bond motifs is 1.